The molecule has 2 aromatic carbocycles. The van der Waals surface area contributed by atoms with Gasteiger partial charge in [0.2, 0.25) is 11.8 Å². The van der Waals surface area contributed by atoms with Crippen molar-refractivity contribution in [2.75, 3.05) is 22.9 Å². The summed E-state index contributed by atoms with van der Waals surface area (Å²) in [6.45, 7) is 9.32. The van der Waals surface area contributed by atoms with Crippen molar-refractivity contribution in [1.82, 2.24) is 5.32 Å². The van der Waals surface area contributed by atoms with Gasteiger partial charge in [0.25, 0.3) is 0 Å². The molecule has 1 saturated carbocycles. The number of Topliss-reactive ketones (excluding diaryl/α,β-unsaturated/α-hetero) is 3. The van der Waals surface area contributed by atoms with Crippen LogP contribution in [0.2, 0.25) is 0 Å². The number of aliphatic carboxylic acids is 2. The van der Waals surface area contributed by atoms with Crippen molar-refractivity contribution in [2.24, 2.45) is 29.1 Å². The second-order valence-corrected chi connectivity index (χ2v) is 17.6. The van der Waals surface area contributed by atoms with Gasteiger partial charge in [-0.2, -0.15) is 0 Å². The average Bonchev–Trinajstić information content (AvgIpc) is 3.27. The van der Waals surface area contributed by atoms with E-state index in [9.17, 15) is 48.9 Å². The topological polar surface area (TPSA) is 199 Å². The molecule has 2 amide bonds. The van der Waals surface area contributed by atoms with Crippen LogP contribution in [0.3, 0.4) is 0 Å². The summed E-state index contributed by atoms with van der Waals surface area (Å²) in [6.07, 6.45) is 4.12. The fraction of sp³-hybridized carbons (Fsp3) is 0.578. The number of anilines is 2. The van der Waals surface area contributed by atoms with Crippen LogP contribution in [0.4, 0.5) is 11.4 Å². The first-order valence-corrected chi connectivity index (χ1v) is 20.6. The molecule has 2 aromatic rings. The largest absolute Gasteiger partial charge is 0.508 e. The van der Waals surface area contributed by atoms with Gasteiger partial charge in [-0.25, -0.2) is 4.79 Å². The molecule has 13 heteroatoms. The normalized spacial score (nSPS) is 17.8. The third-order valence-electron chi connectivity index (χ3n) is 11.3. The Morgan fingerprint density at radius 1 is 0.828 bits per heavy atom. The SMILES string of the molecule is CC(C)C[C@H](CC(=O)C[C@@H]1CN(C2CCCCC2)c2ccccc2N(CC(=O)C(C)(C)C)C1=O)C(=O)N[C@H](CCC(=O)C[C@@H](Cc1ccc(O)cc1)C(=O)O)C(=O)O. The lowest BCUT2D eigenvalue weighted by molar-refractivity contribution is -0.144. The Morgan fingerprint density at radius 3 is 2.03 bits per heavy atom. The second-order valence-electron chi connectivity index (χ2n) is 17.6. The molecule has 1 aliphatic carbocycles. The van der Waals surface area contributed by atoms with Crippen molar-refractivity contribution < 1.29 is 48.9 Å². The van der Waals surface area contributed by atoms with Crippen molar-refractivity contribution in [3.8, 4) is 5.75 Å². The predicted molar refractivity (Wildman–Crippen MR) is 220 cm³/mol. The van der Waals surface area contributed by atoms with E-state index in [1.807, 2.05) is 58.9 Å². The standard InChI is InChI=1S/C45H61N3O10/c1-28(2)21-30(41(53)46-37(44(57)58)20-19-35(50)24-31(43(55)56)22-29-15-17-34(49)18-16-29)23-36(51)25-32-26-47(33-11-7-6-8-12-33)38-13-9-10-14-39(38)48(42(32)54)27-40(52)45(3,4)5/h9-10,13-18,28,30-33,37,49H,6-8,11-12,19-27H2,1-5H3,(H,46,53)(H,55,56)(H,57,58)/t30-,31-,32-,37-/m1/s1. The van der Waals surface area contributed by atoms with Crippen molar-refractivity contribution >= 4 is 52.5 Å². The maximum atomic E-state index is 14.5. The maximum Gasteiger partial charge on any atom is 0.326 e. The van der Waals surface area contributed by atoms with Gasteiger partial charge < -0.3 is 30.4 Å². The molecule has 4 rings (SSSR count). The number of phenolic OH excluding ortho intramolecular Hbond substituents is 1. The van der Waals surface area contributed by atoms with Crippen LogP contribution in [0.25, 0.3) is 0 Å². The van der Waals surface area contributed by atoms with Crippen LogP contribution in [0.15, 0.2) is 48.5 Å². The van der Waals surface area contributed by atoms with E-state index in [0.717, 1.165) is 37.8 Å². The lowest BCUT2D eigenvalue weighted by atomic mass is 9.87. The van der Waals surface area contributed by atoms with E-state index in [4.69, 9.17) is 0 Å². The number of para-hydroxylation sites is 2. The highest BCUT2D eigenvalue weighted by Gasteiger charge is 2.40. The fourth-order valence-corrected chi connectivity index (χ4v) is 8.00. The number of phenols is 1. The molecule has 1 aliphatic heterocycles. The number of carbonyl (C=O) groups excluding carboxylic acids is 5. The van der Waals surface area contributed by atoms with Gasteiger partial charge in [0.15, 0.2) is 5.78 Å². The molecule has 13 nitrogen and oxygen atoms in total. The summed E-state index contributed by atoms with van der Waals surface area (Å²) in [5.74, 6) is -7.24. The number of carboxylic acids is 2. The lowest BCUT2D eigenvalue weighted by Gasteiger charge is -2.37. The van der Waals surface area contributed by atoms with E-state index >= 15 is 0 Å². The smallest absolute Gasteiger partial charge is 0.326 e. The summed E-state index contributed by atoms with van der Waals surface area (Å²) in [5, 5.41) is 31.8. The van der Waals surface area contributed by atoms with E-state index in [2.05, 4.69) is 10.2 Å². The van der Waals surface area contributed by atoms with E-state index in [1.54, 1.807) is 12.1 Å². The monoisotopic (exact) mass is 803 g/mol. The minimum Gasteiger partial charge on any atom is -0.508 e. The number of hydrogen-bond donors (Lipinski definition) is 4. The minimum atomic E-state index is -1.46. The highest BCUT2D eigenvalue weighted by molar-refractivity contribution is 6.06. The molecule has 316 valence electrons. The summed E-state index contributed by atoms with van der Waals surface area (Å²) in [6, 6.07) is 12.2. The van der Waals surface area contributed by atoms with Crippen LogP contribution in [0.1, 0.15) is 111 Å². The van der Waals surface area contributed by atoms with Gasteiger partial charge >= 0.3 is 11.9 Å². The minimum absolute atomic E-state index is 0.0212. The number of carboxylic acid groups (broad SMARTS) is 2. The number of hydrogen-bond acceptors (Lipinski definition) is 9. The highest BCUT2D eigenvalue weighted by atomic mass is 16.4. The molecule has 4 N–H and O–H groups in total. The number of ketones is 3. The number of nitrogens with zero attached hydrogens (tertiary/aromatic N) is 2. The first kappa shape index (κ1) is 45.6. The fourth-order valence-electron chi connectivity index (χ4n) is 8.00. The molecule has 4 atom stereocenters. The second kappa shape index (κ2) is 20.6. The molecule has 0 saturated heterocycles. The molecule has 2 aliphatic rings. The van der Waals surface area contributed by atoms with Gasteiger partial charge in [-0.15, -0.1) is 0 Å². The zero-order valence-electron chi connectivity index (χ0n) is 34.6. The quantitative estimate of drug-likeness (QED) is 0.116. The van der Waals surface area contributed by atoms with Crippen LogP contribution in [0, 0.1) is 29.1 Å². The van der Waals surface area contributed by atoms with Crippen molar-refractivity contribution in [3.05, 3.63) is 54.1 Å². The van der Waals surface area contributed by atoms with Gasteiger partial charge in [-0.1, -0.05) is 78.1 Å². The van der Waals surface area contributed by atoms with Crippen molar-refractivity contribution in [2.45, 2.75) is 124 Å². The van der Waals surface area contributed by atoms with Crippen LogP contribution < -0.4 is 15.1 Å². The summed E-state index contributed by atoms with van der Waals surface area (Å²) in [7, 11) is 0. The Morgan fingerprint density at radius 2 is 1.45 bits per heavy atom. The first-order chi connectivity index (χ1) is 27.3. The molecule has 58 heavy (non-hydrogen) atoms. The Kier molecular flexibility index (Phi) is 16.2. The number of benzene rings is 2. The number of rotatable bonds is 20. The summed E-state index contributed by atoms with van der Waals surface area (Å²) in [5.41, 5.74) is 1.40. The van der Waals surface area contributed by atoms with Gasteiger partial charge in [-0.05, 0) is 67.9 Å². The number of fused-ring (bicyclic) bond motifs is 1. The van der Waals surface area contributed by atoms with Gasteiger partial charge in [-0.3, -0.25) is 28.8 Å². The Labute approximate surface area is 341 Å². The average molecular weight is 804 g/mol. The third-order valence-corrected chi connectivity index (χ3v) is 11.3. The number of nitrogens with one attached hydrogen (secondary N) is 1. The molecule has 0 radical (unpaired) electrons. The number of carbonyl (C=O) groups is 7. The zero-order chi connectivity index (χ0) is 42.7. The van der Waals surface area contributed by atoms with E-state index in [0.29, 0.717) is 11.3 Å². The van der Waals surface area contributed by atoms with Gasteiger partial charge in [0, 0.05) is 49.6 Å². The summed E-state index contributed by atoms with van der Waals surface area (Å²) in [4.78, 5) is 96.5. The molecule has 1 heterocycles. The van der Waals surface area contributed by atoms with Crippen LogP contribution in [-0.4, -0.2) is 81.6 Å². The number of amides is 2. The van der Waals surface area contributed by atoms with Gasteiger partial charge in [0.1, 0.15) is 23.4 Å². The molecule has 0 bridgehead atoms. The number of aromatic hydroxyl groups is 1. The van der Waals surface area contributed by atoms with E-state index in [1.165, 1.54) is 17.0 Å². The maximum absolute atomic E-state index is 14.5. The predicted octanol–water partition coefficient (Wildman–Crippen LogP) is 6.37. The van der Waals surface area contributed by atoms with E-state index < -0.39 is 52.8 Å². The lowest BCUT2D eigenvalue weighted by Crippen LogP contribution is -2.46. The van der Waals surface area contributed by atoms with Crippen molar-refractivity contribution in [3.63, 3.8) is 0 Å². The summed E-state index contributed by atoms with van der Waals surface area (Å²) < 4.78 is 0. The molecular weight excluding hydrogens is 743 g/mol. The zero-order valence-corrected chi connectivity index (χ0v) is 34.6. The molecule has 1 fully saturated rings. The summed E-state index contributed by atoms with van der Waals surface area (Å²) >= 11 is 0. The van der Waals surface area contributed by atoms with Crippen LogP contribution in [0.5, 0.6) is 5.75 Å². The molecule has 0 spiro atoms. The molecule has 0 unspecified atom stereocenters. The molecular formula is C45H61N3O10. The van der Waals surface area contributed by atoms with Crippen LogP contribution >= 0.6 is 0 Å². The van der Waals surface area contributed by atoms with E-state index in [-0.39, 0.29) is 93.2 Å². The van der Waals surface area contributed by atoms with Gasteiger partial charge in [0.05, 0.1) is 29.8 Å². The Hall–Kier alpha value is -5.07. The third kappa shape index (κ3) is 13.0. The van der Waals surface area contributed by atoms with Crippen molar-refractivity contribution in [1.29, 1.82) is 0 Å². The Balaban J connectivity index is 1.47. The molecule has 0 aromatic heterocycles. The first-order valence-electron chi connectivity index (χ1n) is 20.6. The highest BCUT2D eigenvalue weighted by Crippen LogP contribution is 2.39. The van der Waals surface area contributed by atoms with Crippen LogP contribution in [-0.2, 0) is 40.0 Å². The Bertz CT molecular complexity index is 1790.